The number of benzene rings is 2. The largest absolute Gasteiger partial charge is 0.484 e. The van der Waals surface area contributed by atoms with Crippen molar-refractivity contribution in [1.82, 2.24) is 15.5 Å². The molecule has 0 fully saturated rings. The molecule has 0 aliphatic heterocycles. The number of hydrogen-bond acceptors (Lipinski definition) is 5. The van der Waals surface area contributed by atoms with E-state index in [9.17, 15) is 18.0 Å². The van der Waals surface area contributed by atoms with Crippen molar-refractivity contribution in [3.8, 4) is 17.1 Å². The van der Waals surface area contributed by atoms with E-state index in [0.29, 0.717) is 16.7 Å². The molecule has 3 aromatic rings. The molecule has 0 bridgehead atoms. The summed E-state index contributed by atoms with van der Waals surface area (Å²) in [5.74, 6) is 0.630. The SMILES string of the molecule is O=C(CCc1nc(-c2ccc(Cl)cc2)no1)NCc1ccc(OCC(F)(F)F)cc1. The standard InChI is InChI=1S/C20H17ClF3N3O3/c21-15-5-3-14(4-6-15)19-26-18(30-27-19)10-9-17(28)25-11-13-1-7-16(8-2-13)29-12-20(22,23)24/h1-8H,9-12H2,(H,25,28). The quantitative estimate of drug-likeness (QED) is 0.556. The van der Waals surface area contributed by atoms with Crippen LogP contribution in [-0.2, 0) is 17.8 Å². The Morgan fingerprint density at radius 1 is 1.10 bits per heavy atom. The zero-order valence-corrected chi connectivity index (χ0v) is 16.3. The van der Waals surface area contributed by atoms with E-state index in [1.807, 2.05) is 0 Å². The average Bonchev–Trinajstić information content (AvgIpc) is 3.19. The van der Waals surface area contributed by atoms with Crippen LogP contribution in [0.3, 0.4) is 0 Å². The summed E-state index contributed by atoms with van der Waals surface area (Å²) in [5, 5.41) is 7.21. The molecule has 0 aliphatic carbocycles. The first kappa shape index (κ1) is 21.6. The van der Waals surface area contributed by atoms with Gasteiger partial charge in [-0.25, -0.2) is 0 Å². The lowest BCUT2D eigenvalue weighted by Crippen LogP contribution is -2.23. The summed E-state index contributed by atoms with van der Waals surface area (Å²) in [6.45, 7) is -1.11. The molecule has 158 valence electrons. The van der Waals surface area contributed by atoms with Crippen molar-refractivity contribution in [2.45, 2.75) is 25.6 Å². The molecular formula is C20H17ClF3N3O3. The number of nitrogens with one attached hydrogen (secondary N) is 1. The number of nitrogens with zero attached hydrogens (tertiary/aromatic N) is 2. The molecule has 1 aromatic heterocycles. The van der Waals surface area contributed by atoms with Crippen LogP contribution in [0, 0.1) is 0 Å². The van der Waals surface area contributed by atoms with Crippen LogP contribution in [-0.4, -0.2) is 28.8 Å². The van der Waals surface area contributed by atoms with E-state index >= 15 is 0 Å². The van der Waals surface area contributed by atoms with Gasteiger partial charge in [-0.2, -0.15) is 18.2 Å². The molecule has 30 heavy (non-hydrogen) atoms. The van der Waals surface area contributed by atoms with E-state index < -0.39 is 12.8 Å². The number of carbonyl (C=O) groups is 1. The number of amides is 1. The summed E-state index contributed by atoms with van der Waals surface area (Å²) in [4.78, 5) is 16.3. The summed E-state index contributed by atoms with van der Waals surface area (Å²) in [7, 11) is 0. The van der Waals surface area contributed by atoms with Crippen LogP contribution in [0.4, 0.5) is 13.2 Å². The second kappa shape index (κ2) is 9.62. The molecular weight excluding hydrogens is 423 g/mol. The van der Waals surface area contributed by atoms with Crippen molar-refractivity contribution in [3.05, 3.63) is 65.0 Å². The molecule has 0 spiro atoms. The van der Waals surface area contributed by atoms with E-state index in [1.165, 1.54) is 12.1 Å². The van der Waals surface area contributed by atoms with E-state index in [4.69, 9.17) is 16.1 Å². The van der Waals surface area contributed by atoms with Gasteiger partial charge in [0.25, 0.3) is 0 Å². The molecule has 0 unspecified atom stereocenters. The summed E-state index contributed by atoms with van der Waals surface area (Å²) in [6.07, 6.45) is -3.97. The van der Waals surface area contributed by atoms with Gasteiger partial charge in [0.15, 0.2) is 6.61 Å². The number of alkyl halides is 3. The Hall–Kier alpha value is -3.07. The van der Waals surface area contributed by atoms with E-state index in [2.05, 4.69) is 20.2 Å². The molecule has 0 saturated carbocycles. The smallest absolute Gasteiger partial charge is 0.422 e. The lowest BCUT2D eigenvalue weighted by Gasteiger charge is -2.10. The maximum absolute atomic E-state index is 12.1. The molecule has 1 N–H and O–H groups in total. The third-order valence-electron chi connectivity index (χ3n) is 3.95. The van der Waals surface area contributed by atoms with Crippen molar-refractivity contribution >= 4 is 17.5 Å². The molecule has 0 atom stereocenters. The number of ether oxygens (including phenoxy) is 1. The average molecular weight is 440 g/mol. The van der Waals surface area contributed by atoms with Crippen LogP contribution in [0.5, 0.6) is 5.75 Å². The monoisotopic (exact) mass is 439 g/mol. The van der Waals surface area contributed by atoms with Gasteiger partial charge >= 0.3 is 6.18 Å². The van der Waals surface area contributed by atoms with Gasteiger partial charge in [-0.3, -0.25) is 4.79 Å². The van der Waals surface area contributed by atoms with Crippen LogP contribution in [0.25, 0.3) is 11.4 Å². The van der Waals surface area contributed by atoms with Gasteiger partial charge in [0.2, 0.25) is 17.6 Å². The predicted octanol–water partition coefficient (Wildman–Crippen LogP) is 4.58. The number of aryl methyl sites for hydroxylation is 1. The lowest BCUT2D eigenvalue weighted by molar-refractivity contribution is -0.153. The van der Waals surface area contributed by atoms with Crippen LogP contribution < -0.4 is 10.1 Å². The van der Waals surface area contributed by atoms with Gasteiger partial charge in [-0.05, 0) is 42.0 Å². The molecule has 0 aliphatic rings. The lowest BCUT2D eigenvalue weighted by atomic mass is 10.2. The molecule has 2 aromatic carbocycles. The van der Waals surface area contributed by atoms with E-state index in [1.54, 1.807) is 36.4 Å². The Labute approximate surface area is 175 Å². The second-order valence-electron chi connectivity index (χ2n) is 6.34. The highest BCUT2D eigenvalue weighted by Crippen LogP contribution is 2.20. The third-order valence-corrected chi connectivity index (χ3v) is 4.20. The first-order valence-corrected chi connectivity index (χ1v) is 9.30. The van der Waals surface area contributed by atoms with Crippen LogP contribution in [0.15, 0.2) is 53.1 Å². The van der Waals surface area contributed by atoms with E-state index in [-0.39, 0.29) is 31.0 Å². The fourth-order valence-electron chi connectivity index (χ4n) is 2.45. The number of halogens is 4. The fraction of sp³-hybridized carbons (Fsp3) is 0.250. The zero-order chi connectivity index (χ0) is 21.6. The highest BCUT2D eigenvalue weighted by molar-refractivity contribution is 6.30. The summed E-state index contributed by atoms with van der Waals surface area (Å²) < 4.78 is 46.2. The van der Waals surface area contributed by atoms with Crippen molar-refractivity contribution in [1.29, 1.82) is 0 Å². The van der Waals surface area contributed by atoms with Crippen molar-refractivity contribution < 1.29 is 27.2 Å². The van der Waals surface area contributed by atoms with Gasteiger partial charge in [0.05, 0.1) is 0 Å². The van der Waals surface area contributed by atoms with Crippen LogP contribution >= 0.6 is 11.6 Å². The topological polar surface area (TPSA) is 77.2 Å². The molecule has 1 amide bonds. The molecule has 1 heterocycles. The van der Waals surface area contributed by atoms with Gasteiger partial charge in [-0.15, -0.1) is 0 Å². The molecule has 3 rings (SSSR count). The van der Waals surface area contributed by atoms with Gasteiger partial charge in [-0.1, -0.05) is 28.9 Å². The maximum atomic E-state index is 12.1. The van der Waals surface area contributed by atoms with Crippen molar-refractivity contribution in [2.24, 2.45) is 0 Å². The number of aromatic nitrogens is 2. The predicted molar refractivity (Wildman–Crippen MR) is 103 cm³/mol. The molecule has 10 heteroatoms. The minimum Gasteiger partial charge on any atom is -0.484 e. The van der Waals surface area contributed by atoms with Gasteiger partial charge < -0.3 is 14.6 Å². The first-order chi connectivity index (χ1) is 14.3. The van der Waals surface area contributed by atoms with Crippen LogP contribution in [0.1, 0.15) is 17.9 Å². The Balaban J connectivity index is 1.42. The normalized spacial score (nSPS) is 11.3. The number of carbonyl (C=O) groups excluding carboxylic acids is 1. The van der Waals surface area contributed by atoms with Crippen LogP contribution in [0.2, 0.25) is 5.02 Å². The van der Waals surface area contributed by atoms with Gasteiger partial charge in [0, 0.05) is 30.0 Å². The number of hydrogen-bond donors (Lipinski definition) is 1. The summed E-state index contributed by atoms with van der Waals surface area (Å²) >= 11 is 5.85. The Morgan fingerprint density at radius 2 is 1.80 bits per heavy atom. The minimum atomic E-state index is -4.39. The summed E-state index contributed by atoms with van der Waals surface area (Å²) in [5.41, 5.74) is 1.48. The Morgan fingerprint density at radius 3 is 2.47 bits per heavy atom. The number of rotatable bonds is 8. The van der Waals surface area contributed by atoms with Crippen molar-refractivity contribution in [2.75, 3.05) is 6.61 Å². The zero-order valence-electron chi connectivity index (χ0n) is 15.6. The minimum absolute atomic E-state index is 0.107. The first-order valence-electron chi connectivity index (χ1n) is 8.92. The second-order valence-corrected chi connectivity index (χ2v) is 6.78. The van der Waals surface area contributed by atoms with Gasteiger partial charge in [0.1, 0.15) is 5.75 Å². The Kier molecular flexibility index (Phi) is 6.94. The molecule has 6 nitrogen and oxygen atoms in total. The third kappa shape index (κ3) is 6.77. The molecule has 0 radical (unpaired) electrons. The highest BCUT2D eigenvalue weighted by Gasteiger charge is 2.28. The summed E-state index contributed by atoms with van der Waals surface area (Å²) in [6, 6.07) is 13.0. The van der Waals surface area contributed by atoms with E-state index in [0.717, 1.165) is 11.1 Å². The fourth-order valence-corrected chi connectivity index (χ4v) is 2.58. The Bertz CT molecular complexity index is 973. The van der Waals surface area contributed by atoms with Crippen molar-refractivity contribution in [3.63, 3.8) is 0 Å². The molecule has 0 saturated heterocycles. The highest BCUT2D eigenvalue weighted by atomic mass is 35.5. The maximum Gasteiger partial charge on any atom is 0.422 e.